The molecule has 5 N–H and O–H groups in total. The number of hydrogen-bond acceptors (Lipinski definition) is 8. The molecule has 39 heavy (non-hydrogen) atoms. The van der Waals surface area contributed by atoms with E-state index in [1.165, 1.54) is 29.2 Å². The predicted octanol–water partition coefficient (Wildman–Crippen LogP) is 3.52. The Balaban J connectivity index is 1.57. The van der Waals surface area contributed by atoms with Gasteiger partial charge >= 0.3 is 0 Å². The molecule has 1 atom stereocenters. The number of fused-ring (bicyclic) bond motifs is 1. The molecule has 0 spiro atoms. The fraction of sp³-hybridized carbons (Fsp3) is 0.333. The fourth-order valence-corrected chi connectivity index (χ4v) is 5.68. The van der Waals surface area contributed by atoms with Gasteiger partial charge in [0, 0.05) is 12.6 Å². The average molecular weight is 554 g/mol. The maximum atomic E-state index is 14.1. The summed E-state index contributed by atoms with van der Waals surface area (Å²) in [5.74, 6) is -1.28. The van der Waals surface area contributed by atoms with E-state index in [1.807, 2.05) is 0 Å². The molecule has 1 aliphatic heterocycles. The lowest BCUT2D eigenvalue weighted by Crippen LogP contribution is -2.46. The van der Waals surface area contributed by atoms with E-state index in [-0.39, 0.29) is 35.6 Å². The lowest BCUT2D eigenvalue weighted by atomic mass is 9.94. The standard InChI is InChI=1S/C27H28FN5O5S/c28-17-9-7-16(8-10-17)23(26(35)31-18-4-2-1-3-5-18)33(13-15-6-11-19-20(12-15)38-14-37-19)27(36)24-21(29)22(25(30)34)32-39-24/h6-12,18,23H,1-5,13-14,29H2,(H2,30,34)(H,31,35)/t23-/m0/s1. The summed E-state index contributed by atoms with van der Waals surface area (Å²) in [6.45, 7) is 0.0512. The SMILES string of the molecule is NC(=O)c1nsc(C(=O)N(Cc2ccc3c(c2)OCO3)[C@H](C(=O)NC2CCCCC2)c2ccc(F)cc2)c1N. The molecule has 1 fully saturated rings. The molecule has 10 nitrogen and oxygen atoms in total. The Bertz CT molecular complexity index is 1390. The van der Waals surface area contributed by atoms with Crippen LogP contribution >= 0.6 is 11.5 Å². The van der Waals surface area contributed by atoms with Crippen LogP contribution in [0, 0.1) is 5.82 Å². The number of halogens is 1. The first kappa shape index (κ1) is 26.4. The molecule has 2 heterocycles. The summed E-state index contributed by atoms with van der Waals surface area (Å²) in [5.41, 5.74) is 12.2. The number of ether oxygens (including phenoxy) is 2. The van der Waals surface area contributed by atoms with Gasteiger partial charge in [-0.25, -0.2) is 4.39 Å². The number of nitrogen functional groups attached to an aromatic ring is 1. The normalized spacial score (nSPS) is 15.5. The minimum atomic E-state index is -1.14. The molecule has 3 aromatic rings. The van der Waals surface area contributed by atoms with E-state index in [0.29, 0.717) is 22.6 Å². The molecule has 0 unspecified atom stereocenters. The maximum absolute atomic E-state index is 14.1. The highest BCUT2D eigenvalue weighted by Gasteiger charge is 2.36. The van der Waals surface area contributed by atoms with Crippen LogP contribution in [0.5, 0.6) is 11.5 Å². The maximum Gasteiger partial charge on any atom is 0.270 e. The van der Waals surface area contributed by atoms with E-state index in [9.17, 15) is 18.8 Å². The molecular formula is C27H28FN5O5S. The number of nitrogens with zero attached hydrogens (tertiary/aromatic N) is 2. The first-order valence-corrected chi connectivity index (χ1v) is 13.4. The van der Waals surface area contributed by atoms with Crippen LogP contribution in [0.1, 0.15) is 69.4 Å². The minimum Gasteiger partial charge on any atom is -0.454 e. The molecule has 204 valence electrons. The number of benzene rings is 2. The van der Waals surface area contributed by atoms with E-state index in [2.05, 4.69) is 9.69 Å². The summed E-state index contributed by atoms with van der Waals surface area (Å²) in [6, 6.07) is 9.49. The van der Waals surface area contributed by atoms with Crippen molar-refractivity contribution in [1.82, 2.24) is 14.6 Å². The second-order valence-electron chi connectivity index (χ2n) is 9.56. The number of aromatic nitrogens is 1. The van der Waals surface area contributed by atoms with Crippen molar-refractivity contribution in [2.45, 2.75) is 50.7 Å². The Morgan fingerprint density at radius 1 is 1.08 bits per heavy atom. The molecular weight excluding hydrogens is 525 g/mol. The zero-order valence-electron chi connectivity index (χ0n) is 21.0. The fourth-order valence-electron chi connectivity index (χ4n) is 4.92. The monoisotopic (exact) mass is 553 g/mol. The zero-order valence-corrected chi connectivity index (χ0v) is 21.8. The van der Waals surface area contributed by atoms with Crippen molar-refractivity contribution in [3.05, 3.63) is 70.0 Å². The van der Waals surface area contributed by atoms with Crippen molar-refractivity contribution in [2.24, 2.45) is 5.73 Å². The smallest absolute Gasteiger partial charge is 0.270 e. The summed E-state index contributed by atoms with van der Waals surface area (Å²) in [6.07, 6.45) is 4.78. The van der Waals surface area contributed by atoms with Gasteiger partial charge in [-0.15, -0.1) is 0 Å². The third-order valence-corrected chi connectivity index (χ3v) is 7.75. The highest BCUT2D eigenvalue weighted by Crippen LogP contribution is 2.35. The Morgan fingerprint density at radius 2 is 1.79 bits per heavy atom. The van der Waals surface area contributed by atoms with Gasteiger partial charge < -0.3 is 31.2 Å². The summed E-state index contributed by atoms with van der Waals surface area (Å²) >= 11 is 0.731. The van der Waals surface area contributed by atoms with Crippen LogP contribution in [0.2, 0.25) is 0 Å². The van der Waals surface area contributed by atoms with E-state index >= 15 is 0 Å². The predicted molar refractivity (Wildman–Crippen MR) is 142 cm³/mol. The number of hydrogen-bond donors (Lipinski definition) is 3. The summed E-state index contributed by atoms with van der Waals surface area (Å²) in [7, 11) is 0. The third kappa shape index (κ3) is 5.65. The Hall–Kier alpha value is -4.19. The first-order chi connectivity index (χ1) is 18.8. The Morgan fingerprint density at radius 3 is 2.49 bits per heavy atom. The molecule has 2 aliphatic rings. The molecule has 1 aliphatic carbocycles. The molecule has 0 radical (unpaired) electrons. The van der Waals surface area contributed by atoms with Crippen LogP contribution in [-0.2, 0) is 11.3 Å². The van der Waals surface area contributed by atoms with Crippen LogP contribution in [0.4, 0.5) is 10.1 Å². The van der Waals surface area contributed by atoms with Gasteiger partial charge in [0.15, 0.2) is 17.2 Å². The van der Waals surface area contributed by atoms with Gasteiger partial charge in [-0.2, -0.15) is 4.37 Å². The number of nitrogens with one attached hydrogen (secondary N) is 1. The molecule has 1 saturated carbocycles. The molecule has 0 saturated heterocycles. The van der Waals surface area contributed by atoms with Gasteiger partial charge in [-0.1, -0.05) is 37.5 Å². The second kappa shape index (κ2) is 11.3. The van der Waals surface area contributed by atoms with E-state index < -0.39 is 29.6 Å². The van der Waals surface area contributed by atoms with E-state index in [1.54, 1.807) is 18.2 Å². The number of rotatable bonds is 8. The topological polar surface area (TPSA) is 150 Å². The molecule has 0 bridgehead atoms. The Labute approximate surface area is 228 Å². The van der Waals surface area contributed by atoms with Crippen LogP contribution in [0.3, 0.4) is 0 Å². The second-order valence-corrected chi connectivity index (χ2v) is 10.3. The highest BCUT2D eigenvalue weighted by molar-refractivity contribution is 7.09. The van der Waals surface area contributed by atoms with Crippen LogP contribution in [0.25, 0.3) is 0 Å². The van der Waals surface area contributed by atoms with Crippen LogP contribution in [0.15, 0.2) is 42.5 Å². The Kier molecular flexibility index (Phi) is 7.64. The molecule has 5 rings (SSSR count). The van der Waals surface area contributed by atoms with Crippen molar-refractivity contribution < 1.29 is 28.2 Å². The van der Waals surface area contributed by atoms with Gasteiger partial charge in [0.05, 0.1) is 5.69 Å². The number of anilines is 1. The van der Waals surface area contributed by atoms with Crippen molar-refractivity contribution in [3.8, 4) is 11.5 Å². The van der Waals surface area contributed by atoms with E-state index in [4.69, 9.17) is 20.9 Å². The largest absolute Gasteiger partial charge is 0.454 e. The van der Waals surface area contributed by atoms with Crippen molar-refractivity contribution >= 4 is 34.9 Å². The lowest BCUT2D eigenvalue weighted by molar-refractivity contribution is -0.127. The summed E-state index contributed by atoms with van der Waals surface area (Å²) < 4.78 is 28.7. The summed E-state index contributed by atoms with van der Waals surface area (Å²) in [5, 5.41) is 3.10. The zero-order chi connectivity index (χ0) is 27.5. The molecule has 1 aromatic heterocycles. The van der Waals surface area contributed by atoms with Gasteiger partial charge in [-0.05, 0) is 59.8 Å². The van der Waals surface area contributed by atoms with Crippen LogP contribution < -0.4 is 26.3 Å². The number of amides is 3. The van der Waals surface area contributed by atoms with Gasteiger partial charge in [0.25, 0.3) is 11.8 Å². The number of carbonyl (C=O) groups is 3. The number of nitrogens with two attached hydrogens (primary N) is 2. The first-order valence-electron chi connectivity index (χ1n) is 12.6. The van der Waals surface area contributed by atoms with Crippen molar-refractivity contribution in [1.29, 1.82) is 0 Å². The van der Waals surface area contributed by atoms with Crippen LogP contribution in [-0.4, -0.2) is 39.8 Å². The average Bonchev–Trinajstić information content (AvgIpc) is 3.55. The molecule has 2 aromatic carbocycles. The lowest BCUT2D eigenvalue weighted by Gasteiger charge is -2.33. The van der Waals surface area contributed by atoms with Gasteiger partial charge in [0.1, 0.15) is 16.7 Å². The van der Waals surface area contributed by atoms with Crippen molar-refractivity contribution in [2.75, 3.05) is 12.5 Å². The van der Waals surface area contributed by atoms with E-state index in [0.717, 1.165) is 43.6 Å². The highest BCUT2D eigenvalue weighted by atomic mass is 32.1. The van der Waals surface area contributed by atoms with Gasteiger partial charge in [0.2, 0.25) is 12.7 Å². The quantitative estimate of drug-likeness (QED) is 0.386. The van der Waals surface area contributed by atoms with Crippen molar-refractivity contribution in [3.63, 3.8) is 0 Å². The number of primary amides is 1. The van der Waals surface area contributed by atoms with Gasteiger partial charge in [-0.3, -0.25) is 14.4 Å². The summed E-state index contributed by atoms with van der Waals surface area (Å²) in [4.78, 5) is 41.1. The third-order valence-electron chi connectivity index (χ3n) is 6.90. The minimum absolute atomic E-state index is 0.0258. The molecule has 12 heteroatoms. The number of carbonyl (C=O) groups excluding carboxylic acids is 3. The molecule has 3 amide bonds.